The molecule has 1 heterocycles. The second-order valence-corrected chi connectivity index (χ2v) is 6.71. The molecule has 0 aliphatic heterocycles. The van der Waals surface area contributed by atoms with Crippen molar-refractivity contribution >= 4 is 15.9 Å². The molecule has 1 aromatic rings. The average Bonchev–Trinajstić information content (AvgIpc) is 2.70. The molecule has 1 rings (SSSR count). The van der Waals surface area contributed by atoms with E-state index in [0.29, 0.717) is 6.54 Å². The number of aromatic nitrogens is 2. The minimum Gasteiger partial charge on any atom is -0.388 e. The Labute approximate surface area is 114 Å². The van der Waals surface area contributed by atoms with Crippen molar-refractivity contribution in [3.8, 4) is 0 Å². The summed E-state index contributed by atoms with van der Waals surface area (Å²) in [5.41, 5.74) is 5.31. The predicted octanol–water partition coefficient (Wildman–Crippen LogP) is 0.393. The minimum absolute atomic E-state index is 0.0195. The summed E-state index contributed by atoms with van der Waals surface area (Å²) >= 11 is 0. The van der Waals surface area contributed by atoms with E-state index in [1.54, 1.807) is 7.05 Å². The molecule has 108 valence electrons. The zero-order valence-corrected chi connectivity index (χ0v) is 12.3. The lowest BCUT2D eigenvalue weighted by Crippen LogP contribution is -2.37. The van der Waals surface area contributed by atoms with Gasteiger partial charge >= 0.3 is 0 Å². The first-order valence-corrected chi connectivity index (χ1v) is 7.50. The highest BCUT2D eigenvalue weighted by molar-refractivity contribution is 7.89. The number of hydrogen-bond donors (Lipinski definition) is 2. The van der Waals surface area contributed by atoms with Gasteiger partial charge in [0.05, 0.1) is 12.0 Å². The molecular weight excluding hydrogens is 266 g/mol. The van der Waals surface area contributed by atoms with Gasteiger partial charge in [0, 0.05) is 26.6 Å². The van der Waals surface area contributed by atoms with Crippen LogP contribution in [0.3, 0.4) is 0 Å². The van der Waals surface area contributed by atoms with Gasteiger partial charge in [-0.25, -0.2) is 8.42 Å². The van der Waals surface area contributed by atoms with Gasteiger partial charge in [-0.2, -0.15) is 9.40 Å². The molecule has 0 radical (unpaired) electrons. The fourth-order valence-corrected chi connectivity index (χ4v) is 3.41. The summed E-state index contributed by atoms with van der Waals surface area (Å²) in [7, 11) is -2.01. The number of sulfonamides is 1. The molecular formula is C11H21N5O2S. The van der Waals surface area contributed by atoms with Crippen LogP contribution in [0.15, 0.2) is 17.3 Å². The molecule has 1 aromatic heterocycles. The molecule has 0 aliphatic rings. The Kier molecular flexibility index (Phi) is 5.07. The summed E-state index contributed by atoms with van der Waals surface area (Å²) in [6.45, 7) is 4.49. The van der Waals surface area contributed by atoms with Crippen molar-refractivity contribution in [3.63, 3.8) is 0 Å². The third-order valence-electron chi connectivity index (χ3n) is 2.58. The van der Waals surface area contributed by atoms with E-state index in [9.17, 15) is 8.42 Å². The van der Waals surface area contributed by atoms with Gasteiger partial charge in [-0.05, 0) is 12.0 Å². The van der Waals surface area contributed by atoms with Gasteiger partial charge in [0.25, 0.3) is 10.0 Å². The zero-order valence-electron chi connectivity index (χ0n) is 11.5. The molecule has 0 saturated heterocycles. The third kappa shape index (κ3) is 4.03. The van der Waals surface area contributed by atoms with Gasteiger partial charge in [0.1, 0.15) is 0 Å². The predicted molar refractivity (Wildman–Crippen MR) is 73.3 cm³/mol. The van der Waals surface area contributed by atoms with E-state index < -0.39 is 10.0 Å². The van der Waals surface area contributed by atoms with E-state index in [1.165, 1.54) is 21.3 Å². The largest absolute Gasteiger partial charge is 0.388 e. The van der Waals surface area contributed by atoms with E-state index in [2.05, 4.69) is 5.10 Å². The van der Waals surface area contributed by atoms with Crippen LogP contribution in [0.1, 0.15) is 20.3 Å². The Balaban J connectivity index is 3.02. The molecule has 3 N–H and O–H groups in total. The molecule has 0 saturated carbocycles. The maximum absolute atomic E-state index is 12.5. The quantitative estimate of drug-likeness (QED) is 0.559. The molecule has 19 heavy (non-hydrogen) atoms. The number of rotatable bonds is 7. The van der Waals surface area contributed by atoms with E-state index >= 15 is 0 Å². The van der Waals surface area contributed by atoms with Crippen LogP contribution in [0.5, 0.6) is 0 Å². The second-order valence-electron chi connectivity index (χ2n) is 4.83. The van der Waals surface area contributed by atoms with Crippen molar-refractivity contribution in [2.45, 2.75) is 25.3 Å². The van der Waals surface area contributed by atoms with Gasteiger partial charge in [-0.3, -0.25) is 10.1 Å². The van der Waals surface area contributed by atoms with Crippen LogP contribution in [0.4, 0.5) is 0 Å². The van der Waals surface area contributed by atoms with Crippen molar-refractivity contribution < 1.29 is 8.42 Å². The smallest absolute Gasteiger partial charge is 0.260 e. The van der Waals surface area contributed by atoms with Crippen LogP contribution in [0, 0.1) is 11.3 Å². The first kappa shape index (κ1) is 15.6. The number of hydrogen-bond acceptors (Lipinski definition) is 4. The van der Waals surface area contributed by atoms with Crippen LogP contribution < -0.4 is 5.73 Å². The monoisotopic (exact) mass is 287 g/mol. The Bertz CT molecular complexity index is 535. The van der Waals surface area contributed by atoms with Crippen molar-refractivity contribution in [2.75, 3.05) is 13.1 Å². The Morgan fingerprint density at radius 3 is 2.63 bits per heavy atom. The number of amidine groups is 1. The molecule has 0 aliphatic carbocycles. The van der Waals surface area contributed by atoms with Gasteiger partial charge in [0.15, 0.2) is 5.03 Å². The third-order valence-corrected chi connectivity index (χ3v) is 4.52. The normalized spacial score (nSPS) is 12.3. The molecule has 0 bridgehead atoms. The number of aryl methyl sites for hydroxylation is 1. The van der Waals surface area contributed by atoms with E-state index in [4.69, 9.17) is 11.1 Å². The maximum Gasteiger partial charge on any atom is 0.260 e. The summed E-state index contributed by atoms with van der Waals surface area (Å²) < 4.78 is 27.7. The average molecular weight is 287 g/mol. The van der Waals surface area contributed by atoms with Crippen molar-refractivity contribution in [3.05, 3.63) is 12.3 Å². The SMILES string of the molecule is CC(C)CN(CCC(=N)N)S(=O)(=O)c1ccnn1C. The summed E-state index contributed by atoms with van der Waals surface area (Å²) in [5, 5.41) is 11.3. The highest BCUT2D eigenvalue weighted by Gasteiger charge is 2.27. The van der Waals surface area contributed by atoms with E-state index in [1.807, 2.05) is 13.8 Å². The number of nitrogens with zero attached hydrogens (tertiary/aromatic N) is 3. The molecule has 0 fully saturated rings. The van der Waals surface area contributed by atoms with E-state index in [0.717, 1.165) is 0 Å². The molecule has 0 aromatic carbocycles. The molecule has 0 unspecified atom stereocenters. The zero-order chi connectivity index (χ0) is 14.6. The Morgan fingerprint density at radius 1 is 1.58 bits per heavy atom. The molecule has 0 spiro atoms. The topological polar surface area (TPSA) is 105 Å². The lowest BCUT2D eigenvalue weighted by Gasteiger charge is -2.23. The van der Waals surface area contributed by atoms with Crippen LogP contribution >= 0.6 is 0 Å². The Hall–Kier alpha value is -1.41. The lowest BCUT2D eigenvalue weighted by atomic mass is 10.2. The van der Waals surface area contributed by atoms with Gasteiger partial charge in [-0.1, -0.05) is 13.8 Å². The van der Waals surface area contributed by atoms with Crippen molar-refractivity contribution in [1.29, 1.82) is 5.41 Å². The second kappa shape index (κ2) is 6.16. The molecule has 0 atom stereocenters. The van der Waals surface area contributed by atoms with Crippen molar-refractivity contribution in [2.24, 2.45) is 18.7 Å². The molecule has 0 amide bonds. The van der Waals surface area contributed by atoms with E-state index in [-0.39, 0.29) is 29.7 Å². The van der Waals surface area contributed by atoms with Crippen LogP contribution in [-0.4, -0.2) is 41.4 Å². The van der Waals surface area contributed by atoms with Crippen LogP contribution in [0.25, 0.3) is 0 Å². The first-order valence-electron chi connectivity index (χ1n) is 6.06. The summed E-state index contributed by atoms with van der Waals surface area (Å²) in [5.74, 6) is 0.170. The minimum atomic E-state index is -3.60. The first-order chi connectivity index (χ1) is 8.75. The fourth-order valence-electron chi connectivity index (χ4n) is 1.71. The number of nitrogens with one attached hydrogen (secondary N) is 1. The van der Waals surface area contributed by atoms with Gasteiger partial charge < -0.3 is 5.73 Å². The highest BCUT2D eigenvalue weighted by Crippen LogP contribution is 2.16. The Morgan fingerprint density at radius 2 is 2.21 bits per heavy atom. The standard InChI is InChI=1S/C11H21N5O2S/c1-9(2)8-16(7-5-10(12)13)19(17,18)11-4-6-14-15(11)3/h4,6,9H,5,7-8H2,1-3H3,(H3,12,13). The van der Waals surface area contributed by atoms with Gasteiger partial charge in [0.2, 0.25) is 0 Å². The summed E-state index contributed by atoms with van der Waals surface area (Å²) in [4.78, 5) is 0. The van der Waals surface area contributed by atoms with Crippen LogP contribution in [0.2, 0.25) is 0 Å². The fraction of sp³-hybridized carbons (Fsp3) is 0.636. The van der Waals surface area contributed by atoms with Gasteiger partial charge in [-0.15, -0.1) is 0 Å². The molecule has 7 nitrogen and oxygen atoms in total. The summed E-state index contributed by atoms with van der Waals surface area (Å²) in [6, 6.07) is 1.47. The summed E-state index contributed by atoms with van der Waals surface area (Å²) in [6.07, 6.45) is 1.68. The van der Waals surface area contributed by atoms with Crippen LogP contribution in [-0.2, 0) is 17.1 Å². The highest BCUT2D eigenvalue weighted by atomic mass is 32.2. The lowest BCUT2D eigenvalue weighted by molar-refractivity contribution is 0.370. The number of nitrogens with two attached hydrogens (primary N) is 1. The maximum atomic E-state index is 12.5. The van der Waals surface area contributed by atoms with Crippen molar-refractivity contribution in [1.82, 2.24) is 14.1 Å². The molecule has 8 heteroatoms.